The van der Waals surface area contributed by atoms with E-state index in [4.69, 9.17) is 19.2 Å². The van der Waals surface area contributed by atoms with Crippen molar-refractivity contribution in [1.82, 2.24) is 9.55 Å². The van der Waals surface area contributed by atoms with Crippen LogP contribution in [0.4, 0.5) is 0 Å². The number of ketones is 1. The Kier molecular flexibility index (Phi) is 7.02. The maximum absolute atomic E-state index is 13.9. The molecule has 2 heterocycles. The van der Waals surface area contributed by atoms with Gasteiger partial charge in [0.15, 0.2) is 22.4 Å². The summed E-state index contributed by atoms with van der Waals surface area (Å²) >= 11 is 2.86. The van der Waals surface area contributed by atoms with Crippen LogP contribution < -0.4 is 19.8 Å². The number of rotatable bonds is 8. The number of aromatic nitrogens is 2. The number of hydrogen-bond acceptors (Lipinski definition) is 8. The van der Waals surface area contributed by atoms with Crippen molar-refractivity contribution in [2.45, 2.75) is 30.8 Å². The number of benzene rings is 2. The topological polar surface area (TPSA) is 79.7 Å². The molecule has 0 bridgehead atoms. The van der Waals surface area contributed by atoms with Crippen molar-refractivity contribution in [3.05, 3.63) is 68.8 Å². The second kappa shape index (κ2) is 10.4. The standard InChI is InChI=1S/C27H26N2O5S2/c1-32-18-11-9-17(10-12-18)29-26(31)24-19-6-4-5-7-23(19)36-25(24)28-27(29)35-15-20(30)16-8-13-21(33-2)22(14-16)34-3/h8-14H,4-7,15H2,1-3H3. The number of ether oxygens (including phenoxy) is 3. The number of carbonyl (C=O) groups is 1. The monoisotopic (exact) mass is 522 g/mol. The fraction of sp³-hybridized carbons (Fsp3) is 0.296. The zero-order valence-electron chi connectivity index (χ0n) is 20.3. The Bertz CT molecular complexity index is 1490. The van der Waals surface area contributed by atoms with Crippen molar-refractivity contribution in [3.63, 3.8) is 0 Å². The molecular weight excluding hydrogens is 496 g/mol. The van der Waals surface area contributed by atoms with Crippen LogP contribution in [0.2, 0.25) is 0 Å². The van der Waals surface area contributed by atoms with E-state index in [1.54, 1.807) is 48.3 Å². The van der Waals surface area contributed by atoms with E-state index in [0.717, 1.165) is 36.1 Å². The van der Waals surface area contributed by atoms with Gasteiger partial charge in [0.05, 0.1) is 38.2 Å². The smallest absolute Gasteiger partial charge is 0.267 e. The quantitative estimate of drug-likeness (QED) is 0.176. The molecular formula is C27H26N2O5S2. The number of hydrogen-bond donors (Lipinski definition) is 0. The van der Waals surface area contributed by atoms with Gasteiger partial charge in [-0.15, -0.1) is 11.3 Å². The normalized spacial score (nSPS) is 12.9. The molecule has 0 fully saturated rings. The molecule has 9 heteroatoms. The fourth-order valence-electron chi connectivity index (χ4n) is 4.47. The van der Waals surface area contributed by atoms with Crippen LogP contribution in [0.25, 0.3) is 15.9 Å². The molecule has 36 heavy (non-hydrogen) atoms. The third-order valence-electron chi connectivity index (χ3n) is 6.33. The van der Waals surface area contributed by atoms with Crippen molar-refractivity contribution < 1.29 is 19.0 Å². The SMILES string of the molecule is COc1ccc(-n2c(SCC(=O)c3ccc(OC)c(OC)c3)nc3sc4c(c3c2=O)CCCC4)cc1. The first-order valence-electron chi connectivity index (χ1n) is 11.6. The Balaban J connectivity index is 1.55. The largest absolute Gasteiger partial charge is 0.497 e. The van der Waals surface area contributed by atoms with Crippen LogP contribution in [0, 0.1) is 0 Å². The van der Waals surface area contributed by atoms with Gasteiger partial charge in [-0.05, 0) is 73.7 Å². The van der Waals surface area contributed by atoms with Gasteiger partial charge in [-0.2, -0.15) is 0 Å². The first-order valence-corrected chi connectivity index (χ1v) is 13.4. The number of carbonyl (C=O) groups excluding carboxylic acids is 1. The van der Waals surface area contributed by atoms with Crippen molar-refractivity contribution in [1.29, 1.82) is 0 Å². The number of methoxy groups -OCH3 is 3. The number of fused-ring (bicyclic) bond motifs is 3. The van der Waals surface area contributed by atoms with Crippen LogP contribution in [0.5, 0.6) is 17.2 Å². The molecule has 0 saturated heterocycles. The minimum atomic E-state index is -0.0953. The molecule has 0 unspecified atom stereocenters. The molecule has 1 aliphatic rings. The summed E-state index contributed by atoms with van der Waals surface area (Å²) in [5, 5.41) is 1.20. The molecule has 0 aliphatic heterocycles. The zero-order valence-corrected chi connectivity index (χ0v) is 22.0. The predicted octanol–water partition coefficient (Wildman–Crippen LogP) is 5.33. The van der Waals surface area contributed by atoms with Gasteiger partial charge in [-0.1, -0.05) is 11.8 Å². The van der Waals surface area contributed by atoms with Gasteiger partial charge in [0.1, 0.15) is 10.6 Å². The lowest BCUT2D eigenvalue weighted by molar-refractivity contribution is 0.102. The maximum Gasteiger partial charge on any atom is 0.267 e. The summed E-state index contributed by atoms with van der Waals surface area (Å²) in [6.07, 6.45) is 4.10. The number of thiophene rings is 1. The van der Waals surface area contributed by atoms with Gasteiger partial charge in [0.2, 0.25) is 0 Å². The van der Waals surface area contributed by atoms with E-state index in [9.17, 15) is 9.59 Å². The molecule has 0 N–H and O–H groups in total. The van der Waals surface area contributed by atoms with Gasteiger partial charge in [-0.3, -0.25) is 14.2 Å². The van der Waals surface area contributed by atoms with Crippen LogP contribution >= 0.6 is 23.1 Å². The van der Waals surface area contributed by atoms with E-state index in [1.807, 2.05) is 24.3 Å². The van der Waals surface area contributed by atoms with Crippen molar-refractivity contribution in [2.24, 2.45) is 0 Å². The highest BCUT2D eigenvalue weighted by atomic mass is 32.2. The van der Waals surface area contributed by atoms with E-state index < -0.39 is 0 Å². The summed E-state index contributed by atoms with van der Waals surface area (Å²) in [6, 6.07) is 12.4. The minimum absolute atomic E-state index is 0.0920. The third kappa shape index (κ3) is 4.49. The lowest BCUT2D eigenvalue weighted by Crippen LogP contribution is -2.22. The Morgan fingerprint density at radius 2 is 1.75 bits per heavy atom. The maximum atomic E-state index is 13.9. The Morgan fingerprint density at radius 3 is 2.47 bits per heavy atom. The predicted molar refractivity (Wildman–Crippen MR) is 143 cm³/mol. The van der Waals surface area contributed by atoms with Crippen LogP contribution in [0.3, 0.4) is 0 Å². The van der Waals surface area contributed by atoms with E-state index in [1.165, 1.54) is 23.7 Å². The van der Waals surface area contributed by atoms with Crippen LogP contribution in [-0.2, 0) is 12.8 Å². The van der Waals surface area contributed by atoms with Crippen molar-refractivity contribution in [3.8, 4) is 22.9 Å². The Labute approximate surface area is 217 Å². The van der Waals surface area contributed by atoms with Gasteiger partial charge < -0.3 is 14.2 Å². The highest BCUT2D eigenvalue weighted by Gasteiger charge is 2.23. The highest BCUT2D eigenvalue weighted by Crippen LogP contribution is 2.35. The summed E-state index contributed by atoms with van der Waals surface area (Å²) in [6.45, 7) is 0. The van der Waals surface area contributed by atoms with Gasteiger partial charge in [0.25, 0.3) is 5.56 Å². The molecule has 0 spiro atoms. The van der Waals surface area contributed by atoms with E-state index in [2.05, 4.69) is 0 Å². The van der Waals surface area contributed by atoms with E-state index >= 15 is 0 Å². The second-order valence-electron chi connectivity index (χ2n) is 8.41. The third-order valence-corrected chi connectivity index (χ3v) is 8.45. The molecule has 4 aromatic rings. The van der Waals surface area contributed by atoms with Crippen molar-refractivity contribution in [2.75, 3.05) is 27.1 Å². The fourth-order valence-corrected chi connectivity index (χ4v) is 6.67. The van der Waals surface area contributed by atoms with Crippen LogP contribution in [0.15, 0.2) is 52.4 Å². The van der Waals surface area contributed by atoms with E-state index in [0.29, 0.717) is 39.0 Å². The molecule has 186 valence electrons. The summed E-state index contributed by atoms with van der Waals surface area (Å²) in [7, 11) is 4.69. The first kappa shape index (κ1) is 24.4. The number of nitrogens with zero attached hydrogens (tertiary/aromatic N) is 2. The molecule has 0 atom stereocenters. The molecule has 2 aromatic heterocycles. The molecule has 0 radical (unpaired) electrons. The average molecular weight is 523 g/mol. The van der Waals surface area contributed by atoms with E-state index in [-0.39, 0.29) is 17.1 Å². The number of aryl methyl sites for hydroxylation is 2. The molecule has 0 amide bonds. The summed E-state index contributed by atoms with van der Waals surface area (Å²) < 4.78 is 17.5. The van der Waals surface area contributed by atoms with Gasteiger partial charge in [0, 0.05) is 10.4 Å². The Morgan fingerprint density at radius 1 is 1.00 bits per heavy atom. The van der Waals surface area contributed by atoms with Crippen molar-refractivity contribution >= 4 is 39.1 Å². The minimum Gasteiger partial charge on any atom is -0.497 e. The first-order chi connectivity index (χ1) is 17.5. The molecule has 7 nitrogen and oxygen atoms in total. The molecule has 0 saturated carbocycles. The Hall–Kier alpha value is -3.30. The highest BCUT2D eigenvalue weighted by molar-refractivity contribution is 7.99. The second-order valence-corrected chi connectivity index (χ2v) is 10.4. The lowest BCUT2D eigenvalue weighted by Gasteiger charge is -2.14. The summed E-state index contributed by atoms with van der Waals surface area (Å²) in [5.41, 5.74) is 2.24. The molecule has 5 rings (SSSR count). The summed E-state index contributed by atoms with van der Waals surface area (Å²) in [4.78, 5) is 33.9. The number of thioether (sulfide) groups is 1. The average Bonchev–Trinajstić information content (AvgIpc) is 3.30. The molecule has 2 aromatic carbocycles. The zero-order chi connectivity index (χ0) is 25.2. The lowest BCUT2D eigenvalue weighted by atomic mass is 9.97. The van der Waals surface area contributed by atoms with Gasteiger partial charge in [-0.25, -0.2) is 4.98 Å². The molecule has 1 aliphatic carbocycles. The summed E-state index contributed by atoms with van der Waals surface area (Å²) in [5.74, 6) is 1.78. The number of Topliss-reactive ketones (excluding diaryl/α,β-unsaturated/α-hetero) is 1. The van der Waals surface area contributed by atoms with Crippen LogP contribution in [-0.4, -0.2) is 42.4 Å². The van der Waals surface area contributed by atoms with Gasteiger partial charge >= 0.3 is 0 Å². The van der Waals surface area contributed by atoms with Crippen LogP contribution in [0.1, 0.15) is 33.6 Å².